The molecule has 27 heavy (non-hydrogen) atoms. The van der Waals surface area contributed by atoms with E-state index >= 15 is 0 Å². The van der Waals surface area contributed by atoms with Gasteiger partial charge in [-0.3, -0.25) is 0 Å². The van der Waals surface area contributed by atoms with Gasteiger partial charge in [0.15, 0.2) is 0 Å². The molecule has 3 aromatic rings. The van der Waals surface area contributed by atoms with Crippen molar-refractivity contribution in [2.75, 3.05) is 6.61 Å². The van der Waals surface area contributed by atoms with Crippen LogP contribution in [0.1, 0.15) is 16.7 Å². The Labute approximate surface area is 157 Å². The molecule has 0 unspecified atom stereocenters. The van der Waals surface area contributed by atoms with Gasteiger partial charge in [0.25, 0.3) is 0 Å². The predicted molar refractivity (Wildman–Crippen MR) is 106 cm³/mol. The zero-order chi connectivity index (χ0) is 19.1. The molecule has 0 fully saturated rings. The predicted octanol–water partition coefficient (Wildman–Crippen LogP) is 4.63. The molecule has 0 aliphatic heterocycles. The number of hydrogen-bond acceptors (Lipinski definition) is 3. The first kappa shape index (κ1) is 18.2. The number of benzene rings is 3. The van der Waals surface area contributed by atoms with Crippen LogP contribution in [0, 0.1) is 11.3 Å². The molecule has 0 aliphatic carbocycles. The van der Waals surface area contributed by atoms with Gasteiger partial charge in [0.05, 0.1) is 19.1 Å². The van der Waals surface area contributed by atoms with Gasteiger partial charge in [-0.05, 0) is 34.0 Å². The van der Waals surface area contributed by atoms with E-state index in [1.54, 1.807) is 18.2 Å². The molecule has 134 valence electrons. The second-order valence-electron chi connectivity index (χ2n) is 6.16. The summed E-state index contributed by atoms with van der Waals surface area (Å²) in [6, 6.07) is 22.0. The number of hydrogen-bond donors (Lipinski definition) is 1. The topological polar surface area (TPSA) is 70.3 Å². The van der Waals surface area contributed by atoms with Crippen LogP contribution in [0.15, 0.2) is 66.7 Å². The lowest BCUT2D eigenvalue weighted by Crippen LogP contribution is -2.03. The summed E-state index contributed by atoms with van der Waals surface area (Å²) >= 11 is 0. The lowest BCUT2D eigenvalue weighted by Gasteiger charge is -2.11. The summed E-state index contributed by atoms with van der Waals surface area (Å²) in [5.74, 6) is -0.431. The maximum atomic E-state index is 10.8. The van der Waals surface area contributed by atoms with Gasteiger partial charge in [-0.1, -0.05) is 54.6 Å². The molecule has 0 saturated carbocycles. The van der Waals surface area contributed by atoms with Crippen molar-refractivity contribution in [2.45, 2.75) is 12.8 Å². The summed E-state index contributed by atoms with van der Waals surface area (Å²) in [5, 5.41) is 20.1. The molecule has 0 saturated heterocycles. The third kappa shape index (κ3) is 4.96. The van der Waals surface area contributed by atoms with Crippen LogP contribution in [0.4, 0.5) is 0 Å². The fraction of sp³-hybridized carbons (Fsp3) is 0.130. The molecule has 0 radical (unpaired) electrons. The monoisotopic (exact) mass is 357 g/mol. The molecule has 0 amide bonds. The minimum Gasteiger partial charge on any atom is -0.493 e. The average Bonchev–Trinajstić information content (AvgIpc) is 2.67. The van der Waals surface area contributed by atoms with Gasteiger partial charge in [0.1, 0.15) is 5.75 Å². The van der Waals surface area contributed by atoms with Gasteiger partial charge >= 0.3 is 5.97 Å². The normalized spacial score (nSPS) is 10.8. The van der Waals surface area contributed by atoms with E-state index in [9.17, 15) is 4.79 Å². The van der Waals surface area contributed by atoms with Crippen LogP contribution < -0.4 is 4.74 Å². The number of fused-ring (bicyclic) bond motifs is 1. The summed E-state index contributed by atoms with van der Waals surface area (Å²) in [6.45, 7) is 0.461. The van der Waals surface area contributed by atoms with Gasteiger partial charge in [-0.2, -0.15) is 5.26 Å². The van der Waals surface area contributed by atoms with Gasteiger partial charge in [-0.15, -0.1) is 0 Å². The highest BCUT2D eigenvalue weighted by molar-refractivity contribution is 5.86. The van der Waals surface area contributed by atoms with Crippen LogP contribution in [0.25, 0.3) is 16.8 Å². The van der Waals surface area contributed by atoms with E-state index in [-0.39, 0.29) is 6.42 Å². The van der Waals surface area contributed by atoms with E-state index in [1.807, 2.05) is 12.1 Å². The molecule has 0 heterocycles. The van der Waals surface area contributed by atoms with Gasteiger partial charge in [0, 0.05) is 18.1 Å². The van der Waals surface area contributed by atoms with Gasteiger partial charge in [0.2, 0.25) is 0 Å². The second-order valence-corrected chi connectivity index (χ2v) is 6.16. The maximum Gasteiger partial charge on any atom is 0.328 e. The van der Waals surface area contributed by atoms with Gasteiger partial charge in [-0.25, -0.2) is 4.79 Å². The molecular weight excluding hydrogens is 338 g/mol. The van der Waals surface area contributed by atoms with E-state index in [4.69, 9.17) is 15.1 Å². The van der Waals surface area contributed by atoms with Crippen molar-refractivity contribution in [1.82, 2.24) is 0 Å². The fourth-order valence-electron chi connectivity index (χ4n) is 2.88. The molecule has 0 aliphatic rings. The van der Waals surface area contributed by atoms with E-state index < -0.39 is 5.97 Å². The smallest absolute Gasteiger partial charge is 0.328 e. The fourth-order valence-corrected chi connectivity index (χ4v) is 2.88. The van der Waals surface area contributed by atoms with Crippen molar-refractivity contribution in [1.29, 1.82) is 5.26 Å². The highest BCUT2D eigenvalue weighted by atomic mass is 16.5. The number of carboxylic acids is 1. The van der Waals surface area contributed by atoms with Crippen molar-refractivity contribution in [2.24, 2.45) is 0 Å². The number of carbonyl (C=O) groups is 1. The zero-order valence-corrected chi connectivity index (χ0v) is 14.8. The second kappa shape index (κ2) is 8.68. The van der Waals surface area contributed by atoms with E-state index in [1.165, 1.54) is 22.4 Å². The molecule has 0 aromatic heterocycles. The Hall–Kier alpha value is -3.58. The summed E-state index contributed by atoms with van der Waals surface area (Å²) in [5.41, 5.74) is 2.69. The largest absolute Gasteiger partial charge is 0.493 e. The minimum absolute atomic E-state index is 0.282. The van der Waals surface area contributed by atoms with E-state index in [2.05, 4.69) is 36.4 Å². The third-order valence-corrected chi connectivity index (χ3v) is 4.23. The van der Waals surface area contributed by atoms with E-state index in [0.29, 0.717) is 17.9 Å². The van der Waals surface area contributed by atoms with Crippen LogP contribution in [0.3, 0.4) is 0 Å². The molecule has 3 rings (SSSR count). The summed E-state index contributed by atoms with van der Waals surface area (Å²) in [7, 11) is 0. The Kier molecular flexibility index (Phi) is 5.86. The Morgan fingerprint density at radius 1 is 1.04 bits per heavy atom. The molecule has 0 spiro atoms. The first-order valence-electron chi connectivity index (χ1n) is 8.67. The Balaban J connectivity index is 1.73. The molecule has 0 bridgehead atoms. The summed E-state index contributed by atoms with van der Waals surface area (Å²) in [6.07, 6.45) is 3.60. The molecule has 4 nitrogen and oxygen atoms in total. The number of rotatable bonds is 7. The quantitative estimate of drug-likeness (QED) is 0.626. The zero-order valence-electron chi connectivity index (χ0n) is 14.8. The highest BCUT2D eigenvalue weighted by Gasteiger charge is 2.05. The van der Waals surface area contributed by atoms with Crippen LogP contribution in [0.2, 0.25) is 0 Å². The molecule has 1 N–H and O–H groups in total. The SMILES string of the molecule is N#CCc1ccc(C=CC(=O)O)c(OCCc2ccc3ccccc3c2)c1. The Morgan fingerprint density at radius 3 is 2.59 bits per heavy atom. The number of nitriles is 1. The lowest BCUT2D eigenvalue weighted by atomic mass is 10.1. The lowest BCUT2D eigenvalue weighted by molar-refractivity contribution is -0.131. The van der Waals surface area contributed by atoms with Crippen molar-refractivity contribution in [3.63, 3.8) is 0 Å². The standard InChI is InChI=1S/C23H19NO3/c24-13-11-17-6-8-20(9-10-23(25)26)22(16-17)27-14-12-18-5-7-19-3-1-2-4-21(19)15-18/h1-10,15-16H,11-12,14H2,(H,25,26). The van der Waals surface area contributed by atoms with Gasteiger partial charge < -0.3 is 9.84 Å². The van der Waals surface area contributed by atoms with Crippen molar-refractivity contribution < 1.29 is 14.6 Å². The van der Waals surface area contributed by atoms with Crippen LogP contribution in [-0.4, -0.2) is 17.7 Å². The summed E-state index contributed by atoms with van der Waals surface area (Å²) in [4.78, 5) is 10.8. The Morgan fingerprint density at radius 2 is 1.81 bits per heavy atom. The molecule has 0 atom stereocenters. The number of ether oxygens (including phenoxy) is 1. The Bertz CT molecular complexity index is 1030. The number of carboxylic acid groups (broad SMARTS) is 1. The third-order valence-electron chi connectivity index (χ3n) is 4.23. The first-order valence-corrected chi connectivity index (χ1v) is 8.67. The highest BCUT2D eigenvalue weighted by Crippen LogP contribution is 2.23. The van der Waals surface area contributed by atoms with Crippen molar-refractivity contribution in [3.05, 3.63) is 83.4 Å². The maximum absolute atomic E-state index is 10.8. The van der Waals surface area contributed by atoms with E-state index in [0.717, 1.165) is 18.1 Å². The van der Waals surface area contributed by atoms with Crippen LogP contribution in [0.5, 0.6) is 5.75 Å². The minimum atomic E-state index is -1.02. The average molecular weight is 357 g/mol. The molecule has 3 aromatic carbocycles. The van der Waals surface area contributed by atoms with Crippen molar-refractivity contribution in [3.8, 4) is 11.8 Å². The summed E-state index contributed by atoms with van der Waals surface area (Å²) < 4.78 is 5.92. The number of nitrogens with zero attached hydrogens (tertiary/aromatic N) is 1. The van der Waals surface area contributed by atoms with Crippen LogP contribution >= 0.6 is 0 Å². The first-order chi connectivity index (χ1) is 13.2. The molecule has 4 heteroatoms. The molecular formula is C23H19NO3. The van der Waals surface area contributed by atoms with Crippen LogP contribution in [-0.2, 0) is 17.6 Å². The number of aliphatic carboxylic acids is 1. The van der Waals surface area contributed by atoms with Crippen molar-refractivity contribution >= 4 is 22.8 Å².